The lowest BCUT2D eigenvalue weighted by Gasteiger charge is -2.37. The SMILES string of the molecule is CCNc1ncnc(N2CCN(C(C)C)CC2)c1[N+](=O)[O-]. The van der Waals surface area contributed by atoms with Gasteiger partial charge >= 0.3 is 5.69 Å². The van der Waals surface area contributed by atoms with E-state index in [2.05, 4.69) is 34.0 Å². The number of piperazine rings is 1. The molecule has 8 nitrogen and oxygen atoms in total. The summed E-state index contributed by atoms with van der Waals surface area (Å²) >= 11 is 0. The highest BCUT2D eigenvalue weighted by Gasteiger charge is 2.29. The Labute approximate surface area is 124 Å². The third kappa shape index (κ3) is 3.38. The maximum absolute atomic E-state index is 11.4. The van der Waals surface area contributed by atoms with Gasteiger partial charge < -0.3 is 10.2 Å². The second kappa shape index (κ2) is 6.66. The summed E-state index contributed by atoms with van der Waals surface area (Å²) < 4.78 is 0. The normalized spacial score (nSPS) is 16.3. The van der Waals surface area contributed by atoms with Gasteiger partial charge in [0.2, 0.25) is 11.6 Å². The second-order valence-electron chi connectivity index (χ2n) is 5.30. The quantitative estimate of drug-likeness (QED) is 0.647. The highest BCUT2D eigenvalue weighted by molar-refractivity contribution is 5.70. The van der Waals surface area contributed by atoms with E-state index >= 15 is 0 Å². The summed E-state index contributed by atoms with van der Waals surface area (Å²) in [5.41, 5.74) is -0.0302. The molecular weight excluding hydrogens is 272 g/mol. The van der Waals surface area contributed by atoms with E-state index in [1.165, 1.54) is 6.33 Å². The zero-order chi connectivity index (χ0) is 15.4. The number of nitrogens with zero attached hydrogens (tertiary/aromatic N) is 5. The van der Waals surface area contributed by atoms with E-state index in [0.29, 0.717) is 24.2 Å². The lowest BCUT2D eigenvalue weighted by molar-refractivity contribution is -0.383. The van der Waals surface area contributed by atoms with Crippen molar-refractivity contribution >= 4 is 17.3 Å². The van der Waals surface area contributed by atoms with E-state index in [-0.39, 0.29) is 5.69 Å². The zero-order valence-electron chi connectivity index (χ0n) is 12.7. The molecule has 2 rings (SSSR count). The molecule has 21 heavy (non-hydrogen) atoms. The van der Waals surface area contributed by atoms with Gasteiger partial charge in [0.15, 0.2) is 0 Å². The van der Waals surface area contributed by atoms with Crippen LogP contribution in [0.3, 0.4) is 0 Å². The molecule has 1 aliphatic heterocycles. The number of nitro groups is 1. The molecule has 0 radical (unpaired) electrons. The van der Waals surface area contributed by atoms with Crippen molar-refractivity contribution in [3.05, 3.63) is 16.4 Å². The maximum Gasteiger partial charge on any atom is 0.353 e. The predicted molar refractivity (Wildman–Crippen MR) is 81.8 cm³/mol. The lowest BCUT2D eigenvalue weighted by Crippen LogP contribution is -2.49. The minimum absolute atomic E-state index is 0.0302. The van der Waals surface area contributed by atoms with Crippen LogP contribution in [0.15, 0.2) is 6.33 Å². The van der Waals surface area contributed by atoms with Gasteiger partial charge in [-0.05, 0) is 20.8 Å². The molecule has 0 atom stereocenters. The fourth-order valence-electron chi connectivity index (χ4n) is 2.52. The molecular formula is C13H22N6O2. The number of aromatic nitrogens is 2. The zero-order valence-corrected chi connectivity index (χ0v) is 12.7. The average Bonchev–Trinajstić information content (AvgIpc) is 2.47. The van der Waals surface area contributed by atoms with Crippen LogP contribution in [0, 0.1) is 10.1 Å². The highest BCUT2D eigenvalue weighted by atomic mass is 16.6. The van der Waals surface area contributed by atoms with Crippen molar-refractivity contribution in [1.82, 2.24) is 14.9 Å². The fourth-order valence-corrected chi connectivity index (χ4v) is 2.52. The number of hydrogen-bond donors (Lipinski definition) is 1. The summed E-state index contributed by atoms with van der Waals surface area (Å²) in [7, 11) is 0. The number of anilines is 2. The van der Waals surface area contributed by atoms with Gasteiger partial charge in [0.05, 0.1) is 4.92 Å². The Kier molecular flexibility index (Phi) is 4.89. The second-order valence-corrected chi connectivity index (χ2v) is 5.30. The molecule has 0 spiro atoms. The Morgan fingerprint density at radius 3 is 2.52 bits per heavy atom. The molecule has 1 saturated heterocycles. The number of rotatable bonds is 5. The summed E-state index contributed by atoms with van der Waals surface area (Å²) in [6.45, 7) is 10.0. The van der Waals surface area contributed by atoms with Crippen molar-refractivity contribution in [3.63, 3.8) is 0 Å². The summed E-state index contributed by atoms with van der Waals surface area (Å²) in [5, 5.41) is 14.3. The van der Waals surface area contributed by atoms with Crippen molar-refractivity contribution in [2.24, 2.45) is 0 Å². The van der Waals surface area contributed by atoms with E-state index in [9.17, 15) is 10.1 Å². The van der Waals surface area contributed by atoms with E-state index in [4.69, 9.17) is 0 Å². The highest BCUT2D eigenvalue weighted by Crippen LogP contribution is 2.32. The third-order valence-corrected chi connectivity index (χ3v) is 3.67. The van der Waals surface area contributed by atoms with E-state index in [0.717, 1.165) is 26.2 Å². The first-order chi connectivity index (χ1) is 10.0. The molecule has 1 aliphatic rings. The largest absolute Gasteiger partial charge is 0.364 e. The van der Waals surface area contributed by atoms with Gasteiger partial charge in [-0.1, -0.05) is 0 Å². The van der Waals surface area contributed by atoms with Crippen molar-refractivity contribution in [2.45, 2.75) is 26.8 Å². The lowest BCUT2D eigenvalue weighted by atomic mass is 10.2. The van der Waals surface area contributed by atoms with Crippen molar-refractivity contribution in [3.8, 4) is 0 Å². The summed E-state index contributed by atoms with van der Waals surface area (Å²) in [6, 6.07) is 0.491. The molecule has 8 heteroatoms. The van der Waals surface area contributed by atoms with Gasteiger partial charge in [-0.2, -0.15) is 0 Å². The maximum atomic E-state index is 11.4. The Morgan fingerprint density at radius 2 is 2.00 bits per heavy atom. The molecule has 0 amide bonds. The summed E-state index contributed by atoms with van der Waals surface area (Å²) in [6.07, 6.45) is 1.38. The first-order valence-corrected chi connectivity index (χ1v) is 7.26. The molecule has 0 unspecified atom stereocenters. The van der Waals surface area contributed by atoms with Crippen LogP contribution in [0.5, 0.6) is 0 Å². The summed E-state index contributed by atoms with van der Waals surface area (Å²) in [5.74, 6) is 0.702. The van der Waals surface area contributed by atoms with Crippen LogP contribution in [0.1, 0.15) is 20.8 Å². The molecule has 0 aliphatic carbocycles. The molecule has 1 aromatic rings. The van der Waals surface area contributed by atoms with Crippen LogP contribution < -0.4 is 10.2 Å². The van der Waals surface area contributed by atoms with Gasteiger partial charge in [-0.25, -0.2) is 9.97 Å². The molecule has 1 aromatic heterocycles. The van der Waals surface area contributed by atoms with E-state index in [1.807, 2.05) is 11.8 Å². The average molecular weight is 294 g/mol. The smallest absolute Gasteiger partial charge is 0.353 e. The first-order valence-electron chi connectivity index (χ1n) is 7.26. The summed E-state index contributed by atoms with van der Waals surface area (Å²) in [4.78, 5) is 23.4. The van der Waals surface area contributed by atoms with Gasteiger partial charge in [0.25, 0.3) is 0 Å². The first kappa shape index (κ1) is 15.4. The van der Waals surface area contributed by atoms with E-state index in [1.54, 1.807) is 0 Å². The third-order valence-electron chi connectivity index (χ3n) is 3.67. The van der Waals surface area contributed by atoms with Gasteiger partial charge in [-0.15, -0.1) is 0 Å². The molecule has 1 fully saturated rings. The Morgan fingerprint density at radius 1 is 1.33 bits per heavy atom. The number of hydrogen-bond acceptors (Lipinski definition) is 7. The molecule has 116 valence electrons. The monoisotopic (exact) mass is 294 g/mol. The van der Waals surface area contributed by atoms with Crippen LogP contribution >= 0.6 is 0 Å². The minimum atomic E-state index is -0.401. The van der Waals surface area contributed by atoms with Crippen molar-refractivity contribution in [1.29, 1.82) is 0 Å². The minimum Gasteiger partial charge on any atom is -0.364 e. The fraction of sp³-hybridized carbons (Fsp3) is 0.692. The van der Waals surface area contributed by atoms with Gasteiger partial charge in [0, 0.05) is 38.8 Å². The van der Waals surface area contributed by atoms with Crippen LogP contribution in [0.25, 0.3) is 0 Å². The van der Waals surface area contributed by atoms with Crippen LogP contribution in [-0.4, -0.2) is 58.6 Å². The number of nitrogens with one attached hydrogen (secondary N) is 1. The van der Waals surface area contributed by atoms with Crippen molar-refractivity contribution in [2.75, 3.05) is 42.9 Å². The molecule has 0 aromatic carbocycles. The van der Waals surface area contributed by atoms with Gasteiger partial charge in [0.1, 0.15) is 6.33 Å². The standard InChI is InChI=1S/C13H22N6O2/c1-4-14-12-11(19(20)21)13(16-9-15-12)18-7-5-17(6-8-18)10(2)3/h9-10H,4-8H2,1-3H3,(H,14,15,16). The topological polar surface area (TPSA) is 87.4 Å². The van der Waals surface area contributed by atoms with Gasteiger partial charge in [-0.3, -0.25) is 15.0 Å². The Hall–Kier alpha value is -1.96. The Balaban J connectivity index is 2.24. The van der Waals surface area contributed by atoms with Crippen LogP contribution in [-0.2, 0) is 0 Å². The predicted octanol–water partition coefficient (Wildman–Crippen LogP) is 1.35. The molecule has 1 N–H and O–H groups in total. The van der Waals surface area contributed by atoms with Crippen LogP contribution in [0.2, 0.25) is 0 Å². The molecule has 0 bridgehead atoms. The Bertz CT molecular complexity index is 499. The molecule has 2 heterocycles. The van der Waals surface area contributed by atoms with Crippen LogP contribution in [0.4, 0.5) is 17.3 Å². The van der Waals surface area contributed by atoms with E-state index < -0.39 is 4.92 Å². The molecule has 0 saturated carbocycles. The van der Waals surface area contributed by atoms with Crippen molar-refractivity contribution < 1.29 is 4.92 Å².